The van der Waals surface area contributed by atoms with Gasteiger partial charge in [0.2, 0.25) is 5.91 Å². The third kappa shape index (κ3) is 8.73. The molecule has 0 fully saturated rings. The standard InChI is InChI=1S/C42H42N6O5S2/c1-42(2,55-54-39-13-7-8-18-43-39)26-45-40(50)35-21-29(25-47(35)3)27-14-16-30(17-15-27)46-38(49)12-9-19-53-37-23-33-32(22-36(37)52-4)41(51)48-31(24-44-33)20-28-10-5-6-11-34(28)48/h5-8,10-11,13-18,21-25,31H,9,12,19-20,26H2,1-4H3,(H,45,50)(H,46,49)/t31-/m0/s1. The molecule has 0 aliphatic carbocycles. The van der Waals surface area contributed by atoms with Crippen molar-refractivity contribution in [3.05, 3.63) is 114 Å². The summed E-state index contributed by atoms with van der Waals surface area (Å²) in [4.78, 5) is 50.4. The predicted octanol–water partition coefficient (Wildman–Crippen LogP) is 8.13. The van der Waals surface area contributed by atoms with Crippen LogP contribution in [0.2, 0.25) is 0 Å². The van der Waals surface area contributed by atoms with E-state index in [0.29, 0.717) is 53.5 Å². The van der Waals surface area contributed by atoms with Crippen molar-refractivity contribution >= 4 is 62.6 Å². The molecule has 1 atom stereocenters. The van der Waals surface area contributed by atoms with E-state index in [1.54, 1.807) is 44.8 Å². The van der Waals surface area contributed by atoms with Crippen molar-refractivity contribution in [3.63, 3.8) is 0 Å². The largest absolute Gasteiger partial charge is 0.493 e. The average molecular weight is 775 g/mol. The minimum Gasteiger partial charge on any atom is -0.493 e. The summed E-state index contributed by atoms with van der Waals surface area (Å²) >= 11 is 0. The molecule has 0 spiro atoms. The summed E-state index contributed by atoms with van der Waals surface area (Å²) in [6.07, 6.45) is 6.94. The first-order valence-electron chi connectivity index (χ1n) is 18.0. The number of aromatic nitrogens is 2. The maximum atomic E-state index is 13.7. The molecular formula is C42H42N6O5S2. The minimum absolute atomic E-state index is 0.129. The molecule has 3 aromatic carbocycles. The van der Waals surface area contributed by atoms with Crippen LogP contribution in [0.4, 0.5) is 17.1 Å². The van der Waals surface area contributed by atoms with E-state index in [1.165, 1.54) is 7.11 Å². The number of rotatable bonds is 14. The Bertz CT molecular complexity index is 2240. The van der Waals surface area contributed by atoms with Crippen LogP contribution < -0.4 is 25.0 Å². The molecule has 5 aromatic rings. The van der Waals surface area contributed by atoms with E-state index in [1.807, 2.05) is 96.8 Å². The van der Waals surface area contributed by atoms with Gasteiger partial charge in [0.15, 0.2) is 11.5 Å². The number of benzene rings is 3. The van der Waals surface area contributed by atoms with Crippen molar-refractivity contribution in [2.24, 2.45) is 12.0 Å². The second-order valence-corrected chi connectivity index (χ2v) is 16.8. The zero-order valence-electron chi connectivity index (χ0n) is 31.1. The smallest absolute Gasteiger partial charge is 0.267 e. The van der Waals surface area contributed by atoms with Crippen LogP contribution in [0.15, 0.2) is 107 Å². The SMILES string of the molecule is COc1cc2c(cc1OCCCC(=O)Nc1ccc(-c3cc(C(=O)NCC(C)(C)SSc4ccccn4)n(C)c3)cc1)N=C[C@@H]1Cc3ccccc3N1C2=O. The predicted molar refractivity (Wildman–Crippen MR) is 220 cm³/mol. The molecule has 2 aliphatic heterocycles. The number of anilines is 2. The Kier molecular flexibility index (Phi) is 11.3. The molecular weight excluding hydrogens is 733 g/mol. The Hall–Kier alpha value is -5.53. The van der Waals surface area contributed by atoms with Gasteiger partial charge in [-0.2, -0.15) is 0 Å². The van der Waals surface area contributed by atoms with Crippen molar-refractivity contribution in [2.75, 3.05) is 30.5 Å². The topological polar surface area (TPSA) is 127 Å². The second-order valence-electron chi connectivity index (χ2n) is 14.0. The highest BCUT2D eigenvalue weighted by molar-refractivity contribution is 8.77. The number of aryl methyl sites for hydroxylation is 1. The zero-order valence-corrected chi connectivity index (χ0v) is 32.7. The number of methoxy groups -OCH3 is 1. The average Bonchev–Trinajstić information content (AvgIpc) is 3.74. The summed E-state index contributed by atoms with van der Waals surface area (Å²) in [7, 11) is 6.65. The fourth-order valence-corrected chi connectivity index (χ4v) is 8.57. The van der Waals surface area contributed by atoms with Crippen LogP contribution in [-0.4, -0.2) is 64.5 Å². The number of aliphatic imine (C=N–C) groups is 1. The molecule has 282 valence electrons. The molecule has 3 amide bonds. The Labute approximate surface area is 328 Å². The summed E-state index contributed by atoms with van der Waals surface area (Å²) in [5.74, 6) is 0.479. The van der Waals surface area contributed by atoms with Gasteiger partial charge in [-0.3, -0.25) is 24.3 Å². The fraction of sp³-hybridized carbons (Fsp3) is 0.262. The Morgan fingerprint density at radius 1 is 0.982 bits per heavy atom. The van der Waals surface area contributed by atoms with Crippen molar-refractivity contribution in [1.82, 2.24) is 14.9 Å². The van der Waals surface area contributed by atoms with Crippen molar-refractivity contribution in [1.29, 1.82) is 0 Å². The van der Waals surface area contributed by atoms with Gasteiger partial charge in [-0.05, 0) is 84.7 Å². The van der Waals surface area contributed by atoms with Crippen molar-refractivity contribution < 1.29 is 23.9 Å². The minimum atomic E-state index is -0.209. The number of para-hydroxylation sites is 1. The van der Waals surface area contributed by atoms with E-state index in [9.17, 15) is 14.4 Å². The van der Waals surface area contributed by atoms with Crippen molar-refractivity contribution in [3.8, 4) is 22.6 Å². The molecule has 4 heterocycles. The second kappa shape index (κ2) is 16.5. The summed E-state index contributed by atoms with van der Waals surface area (Å²) in [6.45, 7) is 4.95. The van der Waals surface area contributed by atoms with Gasteiger partial charge >= 0.3 is 0 Å². The van der Waals surface area contributed by atoms with Crippen LogP contribution in [-0.2, 0) is 18.3 Å². The lowest BCUT2D eigenvalue weighted by molar-refractivity contribution is -0.116. The van der Waals surface area contributed by atoms with Gasteiger partial charge in [0, 0.05) is 72.8 Å². The van der Waals surface area contributed by atoms with Gasteiger partial charge in [0.05, 0.1) is 31.0 Å². The lowest BCUT2D eigenvalue weighted by atomic mass is 10.1. The van der Waals surface area contributed by atoms with Crippen LogP contribution in [0.1, 0.15) is 53.1 Å². The number of nitrogens with zero attached hydrogens (tertiary/aromatic N) is 4. The molecule has 0 bridgehead atoms. The van der Waals surface area contributed by atoms with E-state index in [0.717, 1.165) is 27.4 Å². The first kappa shape index (κ1) is 37.8. The van der Waals surface area contributed by atoms with Gasteiger partial charge in [-0.25, -0.2) is 4.98 Å². The molecule has 11 nitrogen and oxygen atoms in total. The number of fused-ring (bicyclic) bond motifs is 4. The number of carbonyl (C=O) groups excluding carboxylic acids is 3. The summed E-state index contributed by atoms with van der Waals surface area (Å²) in [6, 6.07) is 26.4. The van der Waals surface area contributed by atoms with Gasteiger partial charge < -0.3 is 24.7 Å². The lowest BCUT2D eigenvalue weighted by Gasteiger charge is -2.23. The molecule has 7 rings (SSSR count). The van der Waals surface area contributed by atoms with Gasteiger partial charge in [-0.1, -0.05) is 47.2 Å². The van der Waals surface area contributed by atoms with Gasteiger partial charge in [0.25, 0.3) is 11.8 Å². The van der Waals surface area contributed by atoms with Gasteiger partial charge in [-0.15, -0.1) is 0 Å². The molecule has 55 heavy (non-hydrogen) atoms. The lowest BCUT2D eigenvalue weighted by Crippen LogP contribution is -2.37. The van der Waals surface area contributed by atoms with Crippen LogP contribution in [0.5, 0.6) is 11.5 Å². The number of hydrogen-bond donors (Lipinski definition) is 2. The summed E-state index contributed by atoms with van der Waals surface area (Å²) in [5, 5.41) is 6.96. The summed E-state index contributed by atoms with van der Waals surface area (Å²) < 4.78 is 13.2. The molecule has 2 aromatic heterocycles. The number of pyridine rings is 1. The monoisotopic (exact) mass is 774 g/mol. The Morgan fingerprint density at radius 2 is 1.78 bits per heavy atom. The Morgan fingerprint density at radius 3 is 2.56 bits per heavy atom. The molecule has 0 saturated heterocycles. The Balaban J connectivity index is 0.886. The highest BCUT2D eigenvalue weighted by atomic mass is 33.1. The van der Waals surface area contributed by atoms with E-state index in [2.05, 4.69) is 34.5 Å². The molecule has 13 heteroatoms. The normalized spacial score (nSPS) is 14.4. The number of amides is 3. The number of hydrogen-bond acceptors (Lipinski definition) is 9. The number of carbonyl (C=O) groups is 3. The molecule has 2 N–H and O–H groups in total. The van der Waals surface area contributed by atoms with Crippen LogP contribution in [0, 0.1) is 0 Å². The molecule has 0 unspecified atom stereocenters. The van der Waals surface area contributed by atoms with Crippen LogP contribution in [0.25, 0.3) is 11.1 Å². The van der Waals surface area contributed by atoms with Crippen molar-refractivity contribution in [2.45, 2.75) is 48.9 Å². The highest BCUT2D eigenvalue weighted by Gasteiger charge is 2.36. The number of ether oxygens (including phenoxy) is 2. The highest BCUT2D eigenvalue weighted by Crippen LogP contribution is 2.41. The third-order valence-corrected chi connectivity index (χ3v) is 12.5. The van der Waals surface area contributed by atoms with E-state index in [4.69, 9.17) is 9.47 Å². The first-order chi connectivity index (χ1) is 26.6. The third-order valence-electron chi connectivity index (χ3n) is 9.34. The van der Waals surface area contributed by atoms with Gasteiger partial charge in [0.1, 0.15) is 10.7 Å². The van der Waals surface area contributed by atoms with E-state index < -0.39 is 0 Å². The maximum Gasteiger partial charge on any atom is 0.267 e. The molecule has 0 saturated carbocycles. The van der Waals surface area contributed by atoms with Crippen LogP contribution in [0.3, 0.4) is 0 Å². The van der Waals surface area contributed by atoms with Crippen LogP contribution >= 0.6 is 21.6 Å². The molecule has 2 aliphatic rings. The first-order valence-corrected chi connectivity index (χ1v) is 20.2. The van der Waals surface area contributed by atoms with E-state index >= 15 is 0 Å². The zero-order chi connectivity index (χ0) is 38.5. The fourth-order valence-electron chi connectivity index (χ4n) is 6.49. The summed E-state index contributed by atoms with van der Waals surface area (Å²) in [5.41, 5.74) is 6.05. The molecule has 0 radical (unpaired) electrons. The van der Waals surface area contributed by atoms with E-state index in [-0.39, 0.29) is 41.5 Å². The number of nitrogens with one attached hydrogen (secondary N) is 2. The quantitative estimate of drug-likeness (QED) is 0.0856. The maximum absolute atomic E-state index is 13.7.